The van der Waals surface area contributed by atoms with E-state index in [1.807, 2.05) is 12.1 Å². The van der Waals surface area contributed by atoms with Crippen molar-refractivity contribution in [3.63, 3.8) is 0 Å². The molecule has 18 heavy (non-hydrogen) atoms. The minimum atomic E-state index is 0.773. The van der Waals surface area contributed by atoms with E-state index >= 15 is 0 Å². The maximum atomic E-state index is 5.16. The van der Waals surface area contributed by atoms with Gasteiger partial charge in [-0.25, -0.2) is 0 Å². The molecule has 0 aromatic heterocycles. The molecule has 0 radical (unpaired) electrons. The van der Waals surface area contributed by atoms with Crippen molar-refractivity contribution in [3.05, 3.63) is 29.8 Å². The van der Waals surface area contributed by atoms with Crippen molar-refractivity contribution >= 4 is 0 Å². The Labute approximate surface area is 112 Å². The van der Waals surface area contributed by atoms with Crippen molar-refractivity contribution in [2.75, 3.05) is 20.2 Å². The normalized spacial score (nSPS) is 12.4. The second-order valence-electron chi connectivity index (χ2n) is 5.05. The lowest BCUT2D eigenvalue weighted by Crippen LogP contribution is -2.21. The van der Waals surface area contributed by atoms with Crippen LogP contribution in [0.1, 0.15) is 38.7 Å². The summed E-state index contributed by atoms with van der Waals surface area (Å²) in [4.78, 5) is 0. The third kappa shape index (κ3) is 6.06. The Kier molecular flexibility index (Phi) is 7.51. The van der Waals surface area contributed by atoms with Gasteiger partial charge in [0.15, 0.2) is 0 Å². The highest BCUT2D eigenvalue weighted by Gasteiger charge is 2.02. The Hall–Kier alpha value is -1.02. The van der Waals surface area contributed by atoms with Gasteiger partial charge in [0.2, 0.25) is 0 Å². The number of methoxy groups -OCH3 is 1. The molecule has 1 rings (SSSR count). The minimum absolute atomic E-state index is 0.773. The third-order valence-corrected chi connectivity index (χ3v) is 3.24. The van der Waals surface area contributed by atoms with E-state index in [0.29, 0.717) is 0 Å². The fourth-order valence-corrected chi connectivity index (χ4v) is 2.07. The van der Waals surface area contributed by atoms with Gasteiger partial charge in [-0.3, -0.25) is 0 Å². The molecule has 0 fully saturated rings. The van der Waals surface area contributed by atoms with E-state index in [2.05, 4.69) is 31.3 Å². The molecule has 1 aromatic carbocycles. The largest absolute Gasteiger partial charge is 0.497 e. The van der Waals surface area contributed by atoms with Gasteiger partial charge >= 0.3 is 0 Å². The monoisotopic (exact) mass is 249 g/mol. The quantitative estimate of drug-likeness (QED) is 0.674. The van der Waals surface area contributed by atoms with Crippen LogP contribution in [0.5, 0.6) is 5.75 Å². The van der Waals surface area contributed by atoms with E-state index < -0.39 is 0 Å². The van der Waals surface area contributed by atoms with Crippen molar-refractivity contribution in [1.82, 2.24) is 5.32 Å². The van der Waals surface area contributed by atoms with Gasteiger partial charge in [-0.2, -0.15) is 0 Å². The van der Waals surface area contributed by atoms with Crippen molar-refractivity contribution in [1.29, 1.82) is 0 Å². The predicted octanol–water partition coefficient (Wildman–Crippen LogP) is 3.65. The Bertz CT molecular complexity index is 307. The molecule has 0 bridgehead atoms. The standard InChI is InChI=1S/C16H27NO/c1-4-12-17-13-14(2)6-5-7-15-8-10-16(18-3)11-9-15/h8-11,14,17H,4-7,12-13H2,1-3H3. The third-order valence-electron chi connectivity index (χ3n) is 3.24. The van der Waals surface area contributed by atoms with Gasteiger partial charge in [0.1, 0.15) is 5.75 Å². The van der Waals surface area contributed by atoms with Gasteiger partial charge in [0, 0.05) is 0 Å². The molecule has 0 spiro atoms. The lowest BCUT2D eigenvalue weighted by atomic mass is 10.0. The molecule has 2 heteroatoms. The highest BCUT2D eigenvalue weighted by molar-refractivity contribution is 5.27. The smallest absolute Gasteiger partial charge is 0.118 e. The first-order valence-corrected chi connectivity index (χ1v) is 7.10. The van der Waals surface area contributed by atoms with Crippen LogP contribution < -0.4 is 10.1 Å². The Morgan fingerprint density at radius 1 is 1.22 bits per heavy atom. The summed E-state index contributed by atoms with van der Waals surface area (Å²) in [6.45, 7) is 6.83. The average molecular weight is 249 g/mol. The summed E-state index contributed by atoms with van der Waals surface area (Å²) in [5.41, 5.74) is 1.41. The number of nitrogens with one attached hydrogen (secondary N) is 1. The summed E-state index contributed by atoms with van der Waals surface area (Å²) in [5, 5.41) is 3.48. The molecule has 102 valence electrons. The van der Waals surface area contributed by atoms with Crippen LogP contribution in [0.3, 0.4) is 0 Å². The number of ether oxygens (including phenoxy) is 1. The van der Waals surface area contributed by atoms with Crippen LogP contribution in [0.2, 0.25) is 0 Å². The van der Waals surface area contributed by atoms with Crippen LogP contribution in [0.4, 0.5) is 0 Å². The Morgan fingerprint density at radius 2 is 1.94 bits per heavy atom. The molecular formula is C16H27NO. The molecule has 2 nitrogen and oxygen atoms in total. The molecule has 1 aromatic rings. The summed E-state index contributed by atoms with van der Waals surface area (Å²) >= 11 is 0. The number of hydrogen-bond acceptors (Lipinski definition) is 2. The average Bonchev–Trinajstić information content (AvgIpc) is 2.40. The highest BCUT2D eigenvalue weighted by atomic mass is 16.5. The van der Waals surface area contributed by atoms with Gasteiger partial charge in [-0.1, -0.05) is 26.0 Å². The molecule has 0 saturated carbocycles. The minimum Gasteiger partial charge on any atom is -0.497 e. The van der Waals surface area contributed by atoms with Crippen molar-refractivity contribution in [2.45, 2.75) is 39.5 Å². The molecule has 1 unspecified atom stereocenters. The number of aryl methyl sites for hydroxylation is 1. The Balaban J connectivity index is 2.16. The first-order chi connectivity index (χ1) is 8.76. The number of rotatable bonds is 9. The topological polar surface area (TPSA) is 21.3 Å². The van der Waals surface area contributed by atoms with Gasteiger partial charge < -0.3 is 10.1 Å². The Morgan fingerprint density at radius 3 is 2.56 bits per heavy atom. The van der Waals surface area contributed by atoms with E-state index in [1.165, 1.54) is 31.2 Å². The summed E-state index contributed by atoms with van der Waals surface area (Å²) in [6, 6.07) is 8.42. The molecule has 0 amide bonds. The highest BCUT2D eigenvalue weighted by Crippen LogP contribution is 2.14. The zero-order valence-electron chi connectivity index (χ0n) is 12.0. The summed E-state index contributed by atoms with van der Waals surface area (Å²) in [7, 11) is 1.71. The van der Waals surface area contributed by atoms with Crippen LogP contribution in [-0.4, -0.2) is 20.2 Å². The first-order valence-electron chi connectivity index (χ1n) is 7.10. The van der Waals surface area contributed by atoms with Gasteiger partial charge in [0.05, 0.1) is 7.11 Å². The van der Waals surface area contributed by atoms with E-state index in [1.54, 1.807) is 7.11 Å². The van der Waals surface area contributed by atoms with Crippen molar-refractivity contribution in [3.8, 4) is 5.75 Å². The molecule has 0 heterocycles. The molecule has 1 N–H and O–H groups in total. The maximum absolute atomic E-state index is 5.16. The lowest BCUT2D eigenvalue weighted by Gasteiger charge is -2.12. The van der Waals surface area contributed by atoms with Gasteiger partial charge in [0.25, 0.3) is 0 Å². The van der Waals surface area contributed by atoms with Gasteiger partial charge in [-0.05, 0) is 62.4 Å². The van der Waals surface area contributed by atoms with Crippen LogP contribution in [0.25, 0.3) is 0 Å². The second-order valence-corrected chi connectivity index (χ2v) is 5.05. The second kappa shape index (κ2) is 8.98. The molecule has 0 saturated heterocycles. The van der Waals surface area contributed by atoms with Crippen molar-refractivity contribution < 1.29 is 4.74 Å². The van der Waals surface area contributed by atoms with Crippen molar-refractivity contribution in [2.24, 2.45) is 5.92 Å². The van der Waals surface area contributed by atoms with Crippen LogP contribution in [0.15, 0.2) is 24.3 Å². The summed E-state index contributed by atoms with van der Waals surface area (Å²) < 4.78 is 5.16. The predicted molar refractivity (Wildman–Crippen MR) is 78.3 cm³/mol. The van der Waals surface area contributed by atoms with E-state index in [9.17, 15) is 0 Å². The SMILES string of the molecule is CCCNCC(C)CCCc1ccc(OC)cc1. The molecule has 0 aliphatic rings. The summed E-state index contributed by atoms with van der Waals surface area (Å²) in [5.74, 6) is 1.71. The number of hydrogen-bond donors (Lipinski definition) is 1. The molecule has 0 aliphatic carbocycles. The maximum Gasteiger partial charge on any atom is 0.118 e. The van der Waals surface area contributed by atoms with Crippen LogP contribution in [-0.2, 0) is 6.42 Å². The van der Waals surface area contributed by atoms with Crippen LogP contribution in [0, 0.1) is 5.92 Å². The molecule has 1 atom stereocenters. The zero-order valence-corrected chi connectivity index (χ0v) is 12.0. The fourth-order valence-electron chi connectivity index (χ4n) is 2.07. The fraction of sp³-hybridized carbons (Fsp3) is 0.625. The van der Waals surface area contributed by atoms with E-state index in [0.717, 1.165) is 24.8 Å². The van der Waals surface area contributed by atoms with E-state index in [4.69, 9.17) is 4.74 Å². The lowest BCUT2D eigenvalue weighted by molar-refractivity contribution is 0.414. The zero-order chi connectivity index (χ0) is 13.2. The summed E-state index contributed by atoms with van der Waals surface area (Å²) in [6.07, 6.45) is 4.95. The number of benzene rings is 1. The van der Waals surface area contributed by atoms with E-state index in [-0.39, 0.29) is 0 Å². The molecular weight excluding hydrogens is 222 g/mol. The van der Waals surface area contributed by atoms with Gasteiger partial charge in [-0.15, -0.1) is 0 Å². The first kappa shape index (κ1) is 15.0. The van der Waals surface area contributed by atoms with Crippen LogP contribution >= 0.6 is 0 Å². The molecule has 0 aliphatic heterocycles.